The lowest BCUT2D eigenvalue weighted by Crippen LogP contribution is -2.31. The fourth-order valence-electron chi connectivity index (χ4n) is 0.643. The molecule has 1 unspecified atom stereocenters. The minimum atomic E-state index is 0.236. The van der Waals surface area contributed by atoms with Crippen LogP contribution in [-0.2, 0) is 0 Å². The van der Waals surface area contributed by atoms with Crippen molar-refractivity contribution in [1.29, 1.82) is 0 Å². The largest absolute Gasteiger partial charge is 0.365 e. The maximum absolute atomic E-state index is 5.54. The second kappa shape index (κ2) is 4.39. The molecular weight excluding hydrogens is 112 g/mol. The summed E-state index contributed by atoms with van der Waals surface area (Å²) in [6.07, 6.45) is 5.31. The molecular formula is C7H16N2. The molecule has 1 heterocycles. The van der Waals surface area contributed by atoms with Gasteiger partial charge in [-0.05, 0) is 6.20 Å². The zero-order chi connectivity index (χ0) is 7.28. The van der Waals surface area contributed by atoms with Crippen LogP contribution in [0.3, 0.4) is 0 Å². The summed E-state index contributed by atoms with van der Waals surface area (Å²) in [7, 11) is 1.98. The summed E-state index contributed by atoms with van der Waals surface area (Å²) >= 11 is 0. The van der Waals surface area contributed by atoms with Crippen molar-refractivity contribution in [3.8, 4) is 0 Å². The summed E-state index contributed by atoms with van der Waals surface area (Å²) < 4.78 is 0. The molecule has 54 valence electrons. The van der Waals surface area contributed by atoms with Gasteiger partial charge in [0.1, 0.15) is 0 Å². The fourth-order valence-corrected chi connectivity index (χ4v) is 0.643. The van der Waals surface area contributed by atoms with E-state index in [9.17, 15) is 0 Å². The highest BCUT2D eigenvalue weighted by Crippen LogP contribution is 2.04. The molecule has 0 saturated heterocycles. The van der Waals surface area contributed by atoms with Crippen LogP contribution in [0.25, 0.3) is 0 Å². The first-order valence-corrected chi connectivity index (χ1v) is 3.45. The first-order chi connectivity index (χ1) is 4.30. The Morgan fingerprint density at radius 1 is 1.56 bits per heavy atom. The van der Waals surface area contributed by atoms with Crippen LogP contribution in [-0.4, -0.2) is 18.1 Å². The number of hydrogen-bond donors (Lipinski definition) is 1. The average molecular weight is 128 g/mol. The van der Waals surface area contributed by atoms with Crippen LogP contribution in [0.5, 0.6) is 0 Å². The van der Waals surface area contributed by atoms with E-state index in [1.54, 1.807) is 0 Å². The second-order valence-electron chi connectivity index (χ2n) is 1.85. The van der Waals surface area contributed by atoms with Crippen molar-refractivity contribution in [3.05, 3.63) is 12.3 Å². The quantitative estimate of drug-likeness (QED) is 0.530. The highest BCUT2D eigenvalue weighted by atomic mass is 15.2. The van der Waals surface area contributed by atoms with E-state index in [0.717, 1.165) is 6.42 Å². The molecule has 1 aliphatic rings. The maximum atomic E-state index is 5.54. The molecule has 2 N–H and O–H groups in total. The molecule has 0 bridgehead atoms. The van der Waals surface area contributed by atoms with E-state index in [1.807, 2.05) is 32.0 Å². The van der Waals surface area contributed by atoms with Gasteiger partial charge in [-0.3, -0.25) is 0 Å². The van der Waals surface area contributed by atoms with Gasteiger partial charge in [0, 0.05) is 13.5 Å². The van der Waals surface area contributed by atoms with Crippen LogP contribution in [0.4, 0.5) is 0 Å². The highest BCUT2D eigenvalue weighted by molar-refractivity contribution is 4.93. The normalized spacial score (nSPS) is 23.6. The van der Waals surface area contributed by atoms with Gasteiger partial charge in [0.15, 0.2) is 0 Å². The molecule has 0 fully saturated rings. The molecule has 0 spiro atoms. The molecule has 0 radical (unpaired) electrons. The molecule has 1 atom stereocenters. The molecule has 1 aliphatic heterocycles. The van der Waals surface area contributed by atoms with Crippen molar-refractivity contribution < 1.29 is 0 Å². The number of nitrogens with two attached hydrogens (primary N) is 1. The third-order valence-electron chi connectivity index (χ3n) is 1.24. The highest BCUT2D eigenvalue weighted by Gasteiger charge is 2.07. The fraction of sp³-hybridized carbons (Fsp3) is 0.714. The third-order valence-corrected chi connectivity index (χ3v) is 1.24. The number of nitrogens with zero attached hydrogens (tertiary/aromatic N) is 1. The average Bonchev–Trinajstić information content (AvgIpc) is 2.23. The third kappa shape index (κ3) is 2.51. The topological polar surface area (TPSA) is 29.3 Å². The summed E-state index contributed by atoms with van der Waals surface area (Å²) in [5.74, 6) is 0. The van der Waals surface area contributed by atoms with E-state index in [0.29, 0.717) is 0 Å². The Balaban J connectivity index is 0.000000291. The van der Waals surface area contributed by atoms with Crippen LogP contribution < -0.4 is 5.73 Å². The van der Waals surface area contributed by atoms with Gasteiger partial charge in [-0.1, -0.05) is 19.9 Å². The Morgan fingerprint density at radius 2 is 2.11 bits per heavy atom. The lowest BCUT2D eigenvalue weighted by molar-refractivity contribution is 0.367. The van der Waals surface area contributed by atoms with Crippen molar-refractivity contribution in [1.82, 2.24) is 4.90 Å². The zero-order valence-corrected chi connectivity index (χ0v) is 6.46. The zero-order valence-electron chi connectivity index (χ0n) is 6.46. The first-order valence-electron chi connectivity index (χ1n) is 3.45. The summed E-state index contributed by atoms with van der Waals surface area (Å²) in [4.78, 5) is 2.00. The monoisotopic (exact) mass is 128 g/mol. The van der Waals surface area contributed by atoms with E-state index >= 15 is 0 Å². The molecule has 0 aromatic carbocycles. The SMILES string of the molecule is CC.CN1C=CCC1N. The van der Waals surface area contributed by atoms with Crippen LogP contribution in [0.15, 0.2) is 12.3 Å². The van der Waals surface area contributed by atoms with Crippen LogP contribution >= 0.6 is 0 Å². The summed E-state index contributed by atoms with van der Waals surface area (Å²) in [6, 6.07) is 0. The minimum Gasteiger partial charge on any atom is -0.365 e. The first kappa shape index (κ1) is 8.50. The molecule has 9 heavy (non-hydrogen) atoms. The van der Waals surface area contributed by atoms with Crippen molar-refractivity contribution in [2.75, 3.05) is 7.05 Å². The molecule has 0 aliphatic carbocycles. The van der Waals surface area contributed by atoms with Crippen molar-refractivity contribution >= 4 is 0 Å². The van der Waals surface area contributed by atoms with E-state index in [-0.39, 0.29) is 6.17 Å². The Labute approximate surface area is 57.3 Å². The van der Waals surface area contributed by atoms with Gasteiger partial charge in [0.25, 0.3) is 0 Å². The second-order valence-corrected chi connectivity index (χ2v) is 1.85. The van der Waals surface area contributed by atoms with Gasteiger partial charge in [0.2, 0.25) is 0 Å². The predicted molar refractivity (Wildman–Crippen MR) is 40.8 cm³/mol. The van der Waals surface area contributed by atoms with Crippen molar-refractivity contribution in [2.45, 2.75) is 26.4 Å². The van der Waals surface area contributed by atoms with Gasteiger partial charge in [-0.15, -0.1) is 0 Å². The van der Waals surface area contributed by atoms with E-state index < -0.39 is 0 Å². The van der Waals surface area contributed by atoms with E-state index in [2.05, 4.69) is 6.08 Å². The molecule has 0 aromatic heterocycles. The number of rotatable bonds is 0. The Hall–Kier alpha value is -0.500. The van der Waals surface area contributed by atoms with E-state index in [1.165, 1.54) is 0 Å². The van der Waals surface area contributed by atoms with Crippen molar-refractivity contribution in [2.24, 2.45) is 5.73 Å². The number of hydrogen-bond acceptors (Lipinski definition) is 2. The standard InChI is InChI=1S/C5H10N2.C2H6/c1-7-4-2-3-5(7)6;1-2/h2,4-5H,3,6H2,1H3;1-2H3. The van der Waals surface area contributed by atoms with Gasteiger partial charge < -0.3 is 10.6 Å². The van der Waals surface area contributed by atoms with Gasteiger partial charge >= 0.3 is 0 Å². The Morgan fingerprint density at radius 3 is 2.22 bits per heavy atom. The van der Waals surface area contributed by atoms with Crippen LogP contribution in [0, 0.1) is 0 Å². The lowest BCUT2D eigenvalue weighted by Gasteiger charge is -2.14. The van der Waals surface area contributed by atoms with Gasteiger partial charge in [0.05, 0.1) is 6.17 Å². The lowest BCUT2D eigenvalue weighted by atomic mass is 10.4. The molecule has 0 saturated carbocycles. The minimum absolute atomic E-state index is 0.236. The maximum Gasteiger partial charge on any atom is 0.0797 e. The molecule has 0 aromatic rings. The molecule has 1 rings (SSSR count). The molecule has 2 nitrogen and oxygen atoms in total. The Kier molecular flexibility index (Phi) is 4.14. The predicted octanol–water partition coefficient (Wildman–Crippen LogP) is 1.15. The van der Waals surface area contributed by atoms with Crippen LogP contribution in [0.1, 0.15) is 20.3 Å². The van der Waals surface area contributed by atoms with Crippen LogP contribution in [0.2, 0.25) is 0 Å². The summed E-state index contributed by atoms with van der Waals surface area (Å²) in [5.41, 5.74) is 5.54. The smallest absolute Gasteiger partial charge is 0.0797 e. The van der Waals surface area contributed by atoms with Gasteiger partial charge in [-0.25, -0.2) is 0 Å². The van der Waals surface area contributed by atoms with E-state index in [4.69, 9.17) is 5.73 Å². The summed E-state index contributed by atoms with van der Waals surface area (Å²) in [5, 5.41) is 0. The Bertz CT molecular complexity index is 88.9. The molecule has 0 amide bonds. The summed E-state index contributed by atoms with van der Waals surface area (Å²) in [6.45, 7) is 4.00. The van der Waals surface area contributed by atoms with Crippen molar-refractivity contribution in [3.63, 3.8) is 0 Å². The molecule has 2 heteroatoms. The van der Waals surface area contributed by atoms with Gasteiger partial charge in [-0.2, -0.15) is 0 Å².